The molecule has 1 fully saturated rings. The SMILES string of the molecule is Cc1ccc2nc(CN(C)CCN3CCN(Cc4ccccc4)CC3)cc(=O)n2c1. The van der Waals surface area contributed by atoms with Crippen LogP contribution in [0.25, 0.3) is 5.65 Å². The Morgan fingerprint density at radius 1 is 1.00 bits per heavy atom. The summed E-state index contributed by atoms with van der Waals surface area (Å²) in [6.45, 7) is 10.2. The van der Waals surface area contributed by atoms with Gasteiger partial charge in [0.1, 0.15) is 5.65 Å². The molecule has 1 aromatic carbocycles. The number of aromatic nitrogens is 2. The molecular weight excluding hydrogens is 374 g/mol. The number of pyridine rings is 1. The zero-order chi connectivity index (χ0) is 20.9. The molecule has 0 unspecified atom stereocenters. The highest BCUT2D eigenvalue weighted by molar-refractivity contribution is 5.39. The molecule has 1 saturated heterocycles. The molecule has 6 nitrogen and oxygen atoms in total. The molecular formula is C24H31N5O. The number of fused-ring (bicyclic) bond motifs is 1. The van der Waals surface area contributed by atoms with E-state index in [0.29, 0.717) is 12.2 Å². The molecule has 0 N–H and O–H groups in total. The van der Waals surface area contributed by atoms with E-state index in [-0.39, 0.29) is 5.56 Å². The van der Waals surface area contributed by atoms with Crippen LogP contribution in [0.1, 0.15) is 16.8 Å². The average Bonchev–Trinajstić information content (AvgIpc) is 2.75. The fraction of sp³-hybridized carbons (Fsp3) is 0.417. The predicted octanol–water partition coefficient (Wildman–Crippen LogP) is 2.25. The molecule has 30 heavy (non-hydrogen) atoms. The first-order valence-corrected chi connectivity index (χ1v) is 10.7. The molecule has 4 rings (SSSR count). The minimum atomic E-state index is -0.0124. The van der Waals surface area contributed by atoms with E-state index in [1.807, 2.05) is 25.3 Å². The summed E-state index contributed by atoms with van der Waals surface area (Å²) in [5.74, 6) is 0. The van der Waals surface area contributed by atoms with Crippen molar-refractivity contribution in [1.29, 1.82) is 0 Å². The largest absolute Gasteiger partial charge is 0.300 e. The maximum Gasteiger partial charge on any atom is 0.258 e. The Hall–Kier alpha value is -2.54. The maximum atomic E-state index is 12.4. The lowest BCUT2D eigenvalue weighted by atomic mass is 10.2. The first-order valence-electron chi connectivity index (χ1n) is 10.7. The van der Waals surface area contributed by atoms with Gasteiger partial charge in [0.25, 0.3) is 5.56 Å². The van der Waals surface area contributed by atoms with Crippen molar-refractivity contribution in [3.63, 3.8) is 0 Å². The summed E-state index contributed by atoms with van der Waals surface area (Å²) in [6, 6.07) is 16.3. The summed E-state index contributed by atoms with van der Waals surface area (Å²) in [7, 11) is 2.10. The molecule has 0 radical (unpaired) electrons. The van der Waals surface area contributed by atoms with E-state index < -0.39 is 0 Å². The summed E-state index contributed by atoms with van der Waals surface area (Å²) >= 11 is 0. The van der Waals surface area contributed by atoms with Gasteiger partial charge in [-0.25, -0.2) is 4.98 Å². The quantitative estimate of drug-likeness (QED) is 0.603. The van der Waals surface area contributed by atoms with Gasteiger partial charge in [-0.05, 0) is 31.2 Å². The molecule has 6 heteroatoms. The van der Waals surface area contributed by atoms with Crippen LogP contribution in [0.3, 0.4) is 0 Å². The van der Waals surface area contributed by atoms with Crippen LogP contribution in [-0.4, -0.2) is 70.4 Å². The van der Waals surface area contributed by atoms with Gasteiger partial charge in [-0.3, -0.25) is 23.9 Å². The van der Waals surface area contributed by atoms with E-state index >= 15 is 0 Å². The van der Waals surface area contributed by atoms with E-state index in [1.54, 1.807) is 10.5 Å². The highest BCUT2D eigenvalue weighted by atomic mass is 16.1. The van der Waals surface area contributed by atoms with Crippen molar-refractivity contribution in [3.05, 3.63) is 81.9 Å². The molecule has 1 aliphatic heterocycles. The van der Waals surface area contributed by atoms with Gasteiger partial charge in [0.2, 0.25) is 0 Å². The van der Waals surface area contributed by atoms with Crippen LogP contribution in [0.4, 0.5) is 0 Å². The van der Waals surface area contributed by atoms with Crippen molar-refractivity contribution in [2.45, 2.75) is 20.0 Å². The van der Waals surface area contributed by atoms with Crippen LogP contribution in [0.15, 0.2) is 59.5 Å². The third-order valence-corrected chi connectivity index (χ3v) is 5.80. The summed E-state index contributed by atoms with van der Waals surface area (Å²) in [6.07, 6.45) is 1.84. The van der Waals surface area contributed by atoms with Crippen molar-refractivity contribution in [1.82, 2.24) is 24.1 Å². The van der Waals surface area contributed by atoms with Gasteiger partial charge in [-0.2, -0.15) is 0 Å². The Morgan fingerprint density at radius 2 is 1.73 bits per heavy atom. The second-order valence-electron chi connectivity index (χ2n) is 8.36. The van der Waals surface area contributed by atoms with E-state index in [9.17, 15) is 4.79 Å². The lowest BCUT2D eigenvalue weighted by Crippen LogP contribution is -2.47. The molecule has 0 aliphatic carbocycles. The van der Waals surface area contributed by atoms with Crippen molar-refractivity contribution < 1.29 is 0 Å². The molecule has 0 bridgehead atoms. The van der Waals surface area contributed by atoms with Crippen LogP contribution in [-0.2, 0) is 13.1 Å². The fourth-order valence-electron chi connectivity index (χ4n) is 4.02. The molecule has 1 aliphatic rings. The predicted molar refractivity (Wildman–Crippen MR) is 121 cm³/mol. The van der Waals surface area contributed by atoms with Crippen LogP contribution in [0.2, 0.25) is 0 Å². The third-order valence-electron chi connectivity index (χ3n) is 5.80. The zero-order valence-corrected chi connectivity index (χ0v) is 18.0. The highest BCUT2D eigenvalue weighted by Gasteiger charge is 2.17. The number of hydrogen-bond donors (Lipinski definition) is 0. The number of rotatable bonds is 7. The average molecular weight is 406 g/mol. The summed E-state index contributed by atoms with van der Waals surface area (Å²) in [5.41, 5.74) is 3.98. The van der Waals surface area contributed by atoms with Crippen molar-refractivity contribution >= 4 is 5.65 Å². The van der Waals surface area contributed by atoms with Gasteiger partial charge < -0.3 is 0 Å². The van der Waals surface area contributed by atoms with Crippen LogP contribution < -0.4 is 5.56 Å². The maximum absolute atomic E-state index is 12.4. The molecule has 0 amide bonds. The molecule has 0 spiro atoms. The Bertz CT molecular complexity index is 1020. The second kappa shape index (κ2) is 9.51. The van der Waals surface area contributed by atoms with Crippen molar-refractivity contribution in [2.24, 2.45) is 0 Å². The molecule has 0 atom stereocenters. The lowest BCUT2D eigenvalue weighted by Gasteiger charge is -2.35. The normalized spacial score (nSPS) is 15.8. The third kappa shape index (κ3) is 5.33. The number of hydrogen-bond acceptors (Lipinski definition) is 5. The zero-order valence-electron chi connectivity index (χ0n) is 18.0. The summed E-state index contributed by atoms with van der Waals surface area (Å²) in [5, 5.41) is 0. The van der Waals surface area contributed by atoms with E-state index in [4.69, 9.17) is 0 Å². The number of piperazine rings is 1. The molecule has 3 aromatic rings. The molecule has 3 heterocycles. The van der Waals surface area contributed by atoms with Crippen LogP contribution >= 0.6 is 0 Å². The lowest BCUT2D eigenvalue weighted by molar-refractivity contribution is 0.117. The fourth-order valence-corrected chi connectivity index (χ4v) is 4.02. The second-order valence-corrected chi connectivity index (χ2v) is 8.36. The van der Waals surface area contributed by atoms with Gasteiger partial charge in [0.05, 0.1) is 5.69 Å². The number of benzene rings is 1. The molecule has 0 saturated carbocycles. The minimum Gasteiger partial charge on any atom is -0.300 e. The Labute approximate surface area is 178 Å². The summed E-state index contributed by atoms with van der Waals surface area (Å²) in [4.78, 5) is 24.4. The van der Waals surface area contributed by atoms with Gasteiger partial charge >= 0.3 is 0 Å². The van der Waals surface area contributed by atoms with Gasteiger partial charge in [-0.15, -0.1) is 0 Å². The van der Waals surface area contributed by atoms with E-state index in [1.165, 1.54) is 5.56 Å². The first kappa shape index (κ1) is 20.7. The van der Waals surface area contributed by atoms with Crippen LogP contribution in [0.5, 0.6) is 0 Å². The van der Waals surface area contributed by atoms with Crippen LogP contribution in [0, 0.1) is 6.92 Å². The minimum absolute atomic E-state index is 0.0124. The monoisotopic (exact) mass is 405 g/mol. The standard InChI is InChI=1S/C24H31N5O/c1-20-8-9-23-25-22(16-24(30)29(23)17-20)19-26(2)10-11-27-12-14-28(15-13-27)18-21-6-4-3-5-7-21/h3-9,16-17H,10-15,18-19H2,1-2H3. The first-order chi connectivity index (χ1) is 14.6. The smallest absolute Gasteiger partial charge is 0.258 e. The number of likely N-dealkylation sites (N-methyl/N-ethyl adjacent to an activating group) is 1. The van der Waals surface area contributed by atoms with Crippen molar-refractivity contribution in [2.75, 3.05) is 46.3 Å². The van der Waals surface area contributed by atoms with Gasteiger partial charge in [-0.1, -0.05) is 36.4 Å². The number of nitrogens with zero attached hydrogens (tertiary/aromatic N) is 5. The summed E-state index contributed by atoms with van der Waals surface area (Å²) < 4.78 is 1.62. The van der Waals surface area contributed by atoms with Crippen molar-refractivity contribution in [3.8, 4) is 0 Å². The van der Waals surface area contributed by atoms with Gasteiger partial charge in [0, 0.05) is 64.6 Å². The molecule has 2 aromatic heterocycles. The number of aryl methyl sites for hydroxylation is 1. The van der Waals surface area contributed by atoms with E-state index in [2.05, 4.69) is 57.1 Å². The Balaban J connectivity index is 1.24. The van der Waals surface area contributed by atoms with Gasteiger partial charge in [0.15, 0.2) is 0 Å². The molecule has 158 valence electrons. The highest BCUT2D eigenvalue weighted by Crippen LogP contribution is 2.09. The Morgan fingerprint density at radius 3 is 2.50 bits per heavy atom. The Kier molecular flexibility index (Phi) is 6.57. The van der Waals surface area contributed by atoms with E-state index in [0.717, 1.165) is 57.1 Å². The topological polar surface area (TPSA) is 44.1 Å².